The van der Waals surface area contributed by atoms with Crippen molar-refractivity contribution in [2.24, 2.45) is 5.92 Å². The summed E-state index contributed by atoms with van der Waals surface area (Å²) in [6.07, 6.45) is 1.68. The van der Waals surface area contributed by atoms with Crippen LogP contribution in [0.5, 0.6) is 0 Å². The molecule has 1 unspecified atom stereocenters. The fraction of sp³-hybridized carbons (Fsp3) is 0.714. The Labute approximate surface area is 126 Å². The van der Waals surface area contributed by atoms with Crippen molar-refractivity contribution >= 4 is 20.2 Å². The molecule has 120 valence electrons. The van der Waals surface area contributed by atoms with Crippen LogP contribution in [0, 0.1) is 5.92 Å². The molecule has 0 aromatic heterocycles. The third kappa shape index (κ3) is 23.1. The smallest absolute Gasteiger partial charge is 0.693 e. The first-order valence-electron chi connectivity index (χ1n) is 4.28. The van der Waals surface area contributed by atoms with E-state index in [0.717, 1.165) is 6.42 Å². The maximum absolute atomic E-state index is 10.3. The molecule has 0 saturated heterocycles. The molecule has 0 bridgehead atoms. The predicted molar refractivity (Wildman–Crippen MR) is 62.3 cm³/mol. The van der Waals surface area contributed by atoms with E-state index in [4.69, 9.17) is 24.9 Å². The average molecular weight is 485 g/mol. The molecule has 19 heavy (non-hydrogen) atoms. The number of unbranched alkanes of at least 4 members (excludes halogenated alkanes) is 1. The summed E-state index contributed by atoms with van der Waals surface area (Å²) in [4.78, 5) is 29.5. The van der Waals surface area contributed by atoms with Gasteiger partial charge < -0.3 is 27.4 Å². The average Bonchev–Trinajstić information content (AvgIpc) is 2.18. The van der Waals surface area contributed by atoms with Gasteiger partial charge in [0.05, 0.1) is 0 Å². The third-order valence-electron chi connectivity index (χ3n) is 1.51. The van der Waals surface area contributed by atoms with Crippen molar-refractivity contribution in [1.29, 1.82) is 0 Å². The predicted octanol–water partition coefficient (Wildman–Crippen LogP) is 2.13. The number of aliphatic carboxylic acids is 2. The standard InChI is InChI=1S/C7H12O4.2H2N.HO4P.Pt.H2/c1-2-3-4-5(6(8)9)7(10)11;;;1-4-5(2)3;;/h5H,2-4H2,1H3,(H,8,9)(H,10,11);2*1H2;1H;;1H/q;2*-1;;+2;. The monoisotopic (exact) mass is 485 g/mol. The van der Waals surface area contributed by atoms with Gasteiger partial charge >= 0.3 is 41.3 Å². The molecule has 0 radical (unpaired) electrons. The third-order valence-corrected chi connectivity index (χ3v) is 1.64. The quantitative estimate of drug-likeness (QED) is 0.219. The number of hydrogen-bond donors (Lipinski definition) is 3. The SMILES string of the molecule is CCCCC(C(=O)O)C(=O)O.O=[P+]([O-])OO.[HH].[NH2-].[NH2-].[Pt+2]. The first-order chi connectivity index (χ1) is 7.36. The van der Waals surface area contributed by atoms with Gasteiger partial charge in [-0.15, -0.1) is 0 Å². The molecule has 0 spiro atoms. The van der Waals surface area contributed by atoms with Gasteiger partial charge in [-0.1, -0.05) is 19.8 Å². The minimum absolute atomic E-state index is 0. The normalized spacial score (nSPS) is 8.74. The number of carboxylic acid groups (broad SMARTS) is 2. The van der Waals surface area contributed by atoms with E-state index in [1.807, 2.05) is 6.92 Å². The van der Waals surface area contributed by atoms with Gasteiger partial charge in [0.25, 0.3) is 0 Å². The van der Waals surface area contributed by atoms with E-state index in [-0.39, 0.29) is 41.2 Å². The molecule has 0 heterocycles. The Morgan fingerprint density at radius 2 is 1.63 bits per heavy atom. The number of carbonyl (C=O) groups is 2. The molecule has 0 aliphatic heterocycles. The van der Waals surface area contributed by atoms with Crippen molar-refractivity contribution < 1.29 is 61.7 Å². The van der Waals surface area contributed by atoms with Crippen molar-refractivity contribution in [3.05, 3.63) is 12.3 Å². The Kier molecular flexibility index (Phi) is 32.5. The molecular weight excluding hydrogens is 466 g/mol. The van der Waals surface area contributed by atoms with E-state index in [9.17, 15) is 9.59 Å². The molecule has 7 N–H and O–H groups in total. The van der Waals surface area contributed by atoms with Crippen molar-refractivity contribution in [3.63, 3.8) is 0 Å². The summed E-state index contributed by atoms with van der Waals surface area (Å²) in [5, 5.41) is 23.8. The second-order valence-corrected chi connectivity index (χ2v) is 3.29. The van der Waals surface area contributed by atoms with Crippen LogP contribution < -0.4 is 4.89 Å². The maximum atomic E-state index is 10.3. The van der Waals surface area contributed by atoms with Gasteiger partial charge in [-0.25, -0.2) is 5.26 Å². The number of carboxylic acids is 2. The van der Waals surface area contributed by atoms with E-state index in [1.54, 1.807) is 0 Å². The molecule has 0 aliphatic rings. The van der Waals surface area contributed by atoms with Gasteiger partial charge in [0.1, 0.15) is 0 Å². The summed E-state index contributed by atoms with van der Waals surface area (Å²) in [6, 6.07) is 0. The van der Waals surface area contributed by atoms with Crippen LogP contribution in [0.4, 0.5) is 0 Å². The summed E-state index contributed by atoms with van der Waals surface area (Å²) in [5.74, 6) is -3.72. The zero-order chi connectivity index (χ0) is 13.1. The number of nitrogens with two attached hydrogens (primary N) is 2. The molecule has 0 amide bonds. The summed E-state index contributed by atoms with van der Waals surface area (Å²) >= 11 is 0. The minimum Gasteiger partial charge on any atom is -0.693 e. The van der Waals surface area contributed by atoms with Gasteiger partial charge in [-0.2, -0.15) is 0 Å². The Morgan fingerprint density at radius 1 is 1.32 bits per heavy atom. The number of hydrogen-bond acceptors (Lipinski definition) is 6. The van der Waals surface area contributed by atoms with Gasteiger partial charge in [-0.05, 0) is 11.0 Å². The van der Waals surface area contributed by atoms with Crippen molar-refractivity contribution in [2.75, 3.05) is 0 Å². The van der Waals surface area contributed by atoms with E-state index >= 15 is 0 Å². The van der Waals surface area contributed by atoms with Crippen LogP contribution in [-0.4, -0.2) is 27.4 Å². The molecule has 12 heteroatoms. The van der Waals surface area contributed by atoms with Gasteiger partial charge in [0.15, 0.2) is 5.92 Å². The van der Waals surface area contributed by atoms with Crippen LogP contribution in [0.3, 0.4) is 0 Å². The van der Waals surface area contributed by atoms with Gasteiger partial charge in [0.2, 0.25) is 0 Å². The Morgan fingerprint density at radius 3 is 1.79 bits per heavy atom. The fourth-order valence-corrected chi connectivity index (χ4v) is 0.761. The second-order valence-electron chi connectivity index (χ2n) is 2.68. The second kappa shape index (κ2) is 19.9. The van der Waals surface area contributed by atoms with E-state index < -0.39 is 26.1 Å². The largest absolute Gasteiger partial charge is 2.00 e. The van der Waals surface area contributed by atoms with E-state index in [1.165, 1.54) is 0 Å². The Bertz CT molecular complexity index is 247. The topological polar surface area (TPSA) is 211 Å². The van der Waals surface area contributed by atoms with Crippen LogP contribution in [0.2, 0.25) is 0 Å². The number of rotatable bonds is 6. The van der Waals surface area contributed by atoms with E-state index in [2.05, 4.69) is 4.67 Å². The van der Waals surface area contributed by atoms with Crippen LogP contribution in [0.25, 0.3) is 12.3 Å². The summed E-state index contributed by atoms with van der Waals surface area (Å²) in [5.41, 5.74) is 0. The molecule has 1 atom stereocenters. The zero-order valence-corrected chi connectivity index (χ0v) is 13.2. The molecule has 0 aromatic rings. The fourth-order valence-electron chi connectivity index (χ4n) is 0.761. The van der Waals surface area contributed by atoms with E-state index in [0.29, 0.717) is 6.42 Å². The van der Waals surface area contributed by atoms with Crippen molar-refractivity contribution in [1.82, 2.24) is 0 Å². The summed E-state index contributed by atoms with van der Waals surface area (Å²) in [7, 11) is -3.04. The minimum atomic E-state index is -3.04. The van der Waals surface area contributed by atoms with Gasteiger partial charge in [-0.3, -0.25) is 9.59 Å². The molecule has 0 rings (SSSR count). The summed E-state index contributed by atoms with van der Waals surface area (Å²) < 4.78 is 11.6. The first kappa shape index (κ1) is 31.1. The Balaban J connectivity index is -0.0000000482. The Hall–Kier alpha value is -0.472. The van der Waals surface area contributed by atoms with Crippen molar-refractivity contribution in [2.45, 2.75) is 26.2 Å². The molecule has 0 aromatic carbocycles. The van der Waals surface area contributed by atoms with Crippen LogP contribution >= 0.6 is 8.25 Å². The van der Waals surface area contributed by atoms with Crippen LogP contribution in [0.15, 0.2) is 0 Å². The molecular formula is C7H19N2O8PPt. The zero-order valence-electron chi connectivity index (χ0n) is 10.00. The first-order valence-corrected chi connectivity index (χ1v) is 5.37. The van der Waals surface area contributed by atoms with Crippen LogP contribution in [-0.2, 0) is 39.9 Å². The van der Waals surface area contributed by atoms with Crippen molar-refractivity contribution in [3.8, 4) is 0 Å². The molecule has 0 aliphatic carbocycles. The molecule has 10 nitrogen and oxygen atoms in total. The molecule has 0 fully saturated rings. The maximum Gasteiger partial charge on any atom is 2.00 e. The van der Waals surface area contributed by atoms with Gasteiger partial charge in [0, 0.05) is 6.10 Å². The van der Waals surface area contributed by atoms with Crippen LogP contribution in [0.1, 0.15) is 27.6 Å². The molecule has 0 saturated carbocycles. The summed E-state index contributed by atoms with van der Waals surface area (Å²) in [6.45, 7) is 1.89.